The van der Waals surface area contributed by atoms with Gasteiger partial charge in [0.15, 0.2) is 0 Å². The maximum atomic E-state index is 14.2. The number of benzene rings is 1. The quantitative estimate of drug-likeness (QED) is 0.167. The Labute approximate surface area is 299 Å². The molecule has 0 radical (unpaired) electrons. The van der Waals surface area contributed by atoms with Crippen LogP contribution in [0.15, 0.2) is 41.2 Å². The number of thiazole rings is 1. The highest BCUT2D eigenvalue weighted by molar-refractivity contribution is 7.07. The molecule has 4 rings (SSSR count). The molecule has 276 valence electrons. The standard InChI is InChI=1S/C37H55N5O7S/c1-37(2,48)29(35(46)38-3)22-32(43)30(19-26-12-8-5-9-13-26)40-36(47)31(21-28-23-50-24-39-28)41-34(45)27(18-25-10-6-4-7-11-25)20-33(44)42-14-16-49-17-15-42/h4,6-7,10-11,23-24,26-27,29-32,43,48H,5,8-9,12-22H2,1-3H3,(H,38,46)(H,40,47)(H,41,45). The first-order valence-electron chi connectivity index (χ1n) is 17.9. The van der Waals surface area contributed by atoms with Crippen LogP contribution in [0.25, 0.3) is 0 Å². The molecule has 13 heteroatoms. The van der Waals surface area contributed by atoms with Crippen molar-refractivity contribution >= 4 is 35.0 Å². The molecule has 1 aromatic carbocycles. The van der Waals surface area contributed by atoms with Crippen LogP contribution in [-0.2, 0) is 36.8 Å². The molecule has 5 unspecified atom stereocenters. The van der Waals surface area contributed by atoms with Crippen molar-refractivity contribution in [3.8, 4) is 0 Å². The van der Waals surface area contributed by atoms with Crippen LogP contribution in [0.2, 0.25) is 0 Å². The number of amides is 4. The number of aliphatic hydroxyl groups excluding tert-OH is 1. The van der Waals surface area contributed by atoms with Crippen LogP contribution in [0.5, 0.6) is 0 Å². The molecule has 1 aliphatic heterocycles. The number of carbonyl (C=O) groups is 4. The van der Waals surface area contributed by atoms with Crippen LogP contribution >= 0.6 is 11.3 Å². The number of ether oxygens (including phenoxy) is 1. The molecule has 50 heavy (non-hydrogen) atoms. The number of hydrogen-bond acceptors (Lipinski definition) is 9. The van der Waals surface area contributed by atoms with Crippen LogP contribution in [0.4, 0.5) is 0 Å². The summed E-state index contributed by atoms with van der Waals surface area (Å²) >= 11 is 1.38. The topological polar surface area (TPSA) is 170 Å². The second kappa shape index (κ2) is 19.3. The summed E-state index contributed by atoms with van der Waals surface area (Å²) in [6, 6.07) is 7.73. The van der Waals surface area contributed by atoms with Gasteiger partial charge >= 0.3 is 0 Å². The number of aromatic nitrogens is 1. The Morgan fingerprint density at radius 3 is 2.32 bits per heavy atom. The summed E-state index contributed by atoms with van der Waals surface area (Å²) in [5.41, 5.74) is 1.78. The second-order valence-electron chi connectivity index (χ2n) is 14.3. The summed E-state index contributed by atoms with van der Waals surface area (Å²) < 4.78 is 5.41. The largest absolute Gasteiger partial charge is 0.391 e. The van der Waals surface area contributed by atoms with E-state index < -0.39 is 53.3 Å². The Morgan fingerprint density at radius 1 is 1.00 bits per heavy atom. The summed E-state index contributed by atoms with van der Waals surface area (Å²) in [4.78, 5) is 60.5. The lowest BCUT2D eigenvalue weighted by Gasteiger charge is -2.35. The zero-order chi connectivity index (χ0) is 36.1. The monoisotopic (exact) mass is 713 g/mol. The van der Waals surface area contributed by atoms with Gasteiger partial charge in [-0.05, 0) is 44.6 Å². The molecule has 2 fully saturated rings. The summed E-state index contributed by atoms with van der Waals surface area (Å²) in [6.07, 6.45) is 4.95. The minimum atomic E-state index is -1.41. The predicted molar refractivity (Wildman–Crippen MR) is 191 cm³/mol. The Bertz CT molecular complexity index is 1360. The highest BCUT2D eigenvalue weighted by Crippen LogP contribution is 2.30. The van der Waals surface area contributed by atoms with E-state index in [1.54, 1.807) is 10.4 Å². The van der Waals surface area contributed by atoms with E-state index in [0.717, 1.165) is 37.7 Å². The van der Waals surface area contributed by atoms with Crippen LogP contribution in [0.3, 0.4) is 0 Å². The number of hydrogen-bond donors (Lipinski definition) is 5. The minimum Gasteiger partial charge on any atom is -0.391 e. The fraction of sp³-hybridized carbons (Fsp3) is 0.649. The summed E-state index contributed by atoms with van der Waals surface area (Å²) in [5.74, 6) is -2.82. The number of carbonyl (C=O) groups excluding carboxylic acids is 4. The molecule has 1 saturated carbocycles. The molecule has 5 N–H and O–H groups in total. The van der Waals surface area contributed by atoms with E-state index in [1.807, 2.05) is 35.7 Å². The number of nitrogens with zero attached hydrogens (tertiary/aromatic N) is 2. The molecule has 1 saturated heterocycles. The average Bonchev–Trinajstić information content (AvgIpc) is 3.63. The van der Waals surface area contributed by atoms with E-state index >= 15 is 0 Å². The van der Waals surface area contributed by atoms with Gasteiger partial charge in [-0.3, -0.25) is 19.2 Å². The molecule has 5 atom stereocenters. The van der Waals surface area contributed by atoms with E-state index in [0.29, 0.717) is 44.8 Å². The Kier molecular flexibility index (Phi) is 15.2. The number of nitrogens with one attached hydrogen (secondary N) is 3. The van der Waals surface area contributed by atoms with Crippen molar-refractivity contribution in [1.29, 1.82) is 0 Å². The van der Waals surface area contributed by atoms with Gasteiger partial charge in [0.25, 0.3) is 0 Å². The second-order valence-corrected chi connectivity index (χ2v) is 15.0. The maximum absolute atomic E-state index is 14.2. The first-order chi connectivity index (χ1) is 23.9. The fourth-order valence-corrected chi connectivity index (χ4v) is 7.60. The molecule has 0 bridgehead atoms. The van der Waals surface area contributed by atoms with Gasteiger partial charge in [0.05, 0.1) is 54.0 Å². The molecule has 4 amide bonds. The van der Waals surface area contributed by atoms with Gasteiger partial charge in [0, 0.05) is 38.4 Å². The zero-order valence-electron chi connectivity index (χ0n) is 29.6. The van der Waals surface area contributed by atoms with Crippen LogP contribution < -0.4 is 16.0 Å². The highest BCUT2D eigenvalue weighted by atomic mass is 32.1. The van der Waals surface area contributed by atoms with Gasteiger partial charge in [-0.25, -0.2) is 4.98 Å². The van der Waals surface area contributed by atoms with Gasteiger partial charge in [0.2, 0.25) is 23.6 Å². The van der Waals surface area contributed by atoms with E-state index in [1.165, 1.54) is 32.2 Å². The molecule has 1 aromatic heterocycles. The average molecular weight is 714 g/mol. The smallest absolute Gasteiger partial charge is 0.243 e. The van der Waals surface area contributed by atoms with E-state index in [2.05, 4.69) is 20.9 Å². The normalized spacial score (nSPS) is 18.7. The van der Waals surface area contributed by atoms with E-state index in [-0.39, 0.29) is 31.1 Å². The number of morpholine rings is 1. The Hall–Kier alpha value is -3.39. The lowest BCUT2D eigenvalue weighted by atomic mass is 9.80. The summed E-state index contributed by atoms with van der Waals surface area (Å²) in [6.45, 7) is 4.89. The number of rotatable bonds is 17. The lowest BCUT2D eigenvalue weighted by Crippen LogP contribution is -2.56. The first kappa shape index (κ1) is 39.4. The molecule has 2 aliphatic rings. The molecule has 2 aromatic rings. The van der Waals surface area contributed by atoms with E-state index in [4.69, 9.17) is 4.74 Å². The van der Waals surface area contributed by atoms with Crippen molar-refractivity contribution in [2.24, 2.45) is 17.8 Å². The maximum Gasteiger partial charge on any atom is 0.243 e. The molecule has 0 spiro atoms. The van der Waals surface area contributed by atoms with Crippen molar-refractivity contribution in [3.63, 3.8) is 0 Å². The third-order valence-electron chi connectivity index (χ3n) is 10.0. The van der Waals surface area contributed by atoms with Gasteiger partial charge in [-0.2, -0.15) is 0 Å². The van der Waals surface area contributed by atoms with Crippen molar-refractivity contribution in [2.75, 3.05) is 33.4 Å². The van der Waals surface area contributed by atoms with Crippen LogP contribution in [-0.4, -0.2) is 101 Å². The van der Waals surface area contributed by atoms with Gasteiger partial charge in [0.1, 0.15) is 6.04 Å². The highest BCUT2D eigenvalue weighted by Gasteiger charge is 2.38. The SMILES string of the molecule is CNC(=O)C(CC(O)C(CC1CCCCC1)NC(=O)C(Cc1cscn1)NC(=O)C(CC(=O)N1CCOCC1)Cc1ccccc1)C(C)(C)O. The molecule has 1 aliphatic carbocycles. The minimum absolute atomic E-state index is 0.0212. The molecule has 2 heterocycles. The number of aliphatic hydroxyl groups is 2. The Morgan fingerprint density at radius 2 is 1.70 bits per heavy atom. The fourth-order valence-electron chi connectivity index (χ4n) is 7.03. The van der Waals surface area contributed by atoms with Gasteiger partial charge in [-0.1, -0.05) is 62.4 Å². The third kappa shape index (κ3) is 12.1. The zero-order valence-corrected chi connectivity index (χ0v) is 30.5. The van der Waals surface area contributed by atoms with Crippen molar-refractivity contribution in [2.45, 2.75) is 102 Å². The van der Waals surface area contributed by atoms with Crippen molar-refractivity contribution < 1.29 is 34.1 Å². The molecule has 12 nitrogen and oxygen atoms in total. The lowest BCUT2D eigenvalue weighted by molar-refractivity contribution is -0.140. The van der Waals surface area contributed by atoms with Crippen LogP contribution in [0, 0.1) is 17.8 Å². The third-order valence-corrected chi connectivity index (χ3v) is 10.6. The summed E-state index contributed by atoms with van der Waals surface area (Å²) in [5, 5.41) is 32.8. The predicted octanol–water partition coefficient (Wildman–Crippen LogP) is 2.62. The van der Waals surface area contributed by atoms with Crippen molar-refractivity contribution in [3.05, 3.63) is 52.5 Å². The molecular formula is C37H55N5O7S. The van der Waals surface area contributed by atoms with Gasteiger partial charge < -0.3 is 35.8 Å². The molecular weight excluding hydrogens is 659 g/mol. The van der Waals surface area contributed by atoms with Gasteiger partial charge in [-0.15, -0.1) is 11.3 Å². The van der Waals surface area contributed by atoms with Crippen LogP contribution in [0.1, 0.15) is 76.5 Å². The summed E-state index contributed by atoms with van der Waals surface area (Å²) in [7, 11) is 1.49. The Balaban J connectivity index is 1.56. The van der Waals surface area contributed by atoms with E-state index in [9.17, 15) is 29.4 Å². The van der Waals surface area contributed by atoms with Crippen molar-refractivity contribution in [1.82, 2.24) is 25.8 Å². The first-order valence-corrected chi connectivity index (χ1v) is 18.9.